The molecule has 17 heavy (non-hydrogen) atoms. The monoisotopic (exact) mass is 230 g/mol. The summed E-state index contributed by atoms with van der Waals surface area (Å²) in [6.45, 7) is 2.13. The first kappa shape index (κ1) is 11.5. The van der Waals surface area contributed by atoms with E-state index in [-0.39, 0.29) is 10.6 Å². The highest BCUT2D eigenvalue weighted by atomic mass is 16.6. The Kier molecular flexibility index (Phi) is 3.32. The number of nitrogens with zero attached hydrogens (tertiary/aromatic N) is 2. The van der Waals surface area contributed by atoms with Gasteiger partial charge in [-0.15, -0.1) is 0 Å². The first-order valence-corrected chi connectivity index (χ1v) is 5.75. The van der Waals surface area contributed by atoms with E-state index >= 15 is 0 Å². The van der Waals surface area contributed by atoms with E-state index in [1.165, 1.54) is 6.07 Å². The van der Waals surface area contributed by atoms with Gasteiger partial charge >= 0.3 is 0 Å². The van der Waals surface area contributed by atoms with Gasteiger partial charge < -0.3 is 0 Å². The number of nitro benzene ring substituents is 1. The summed E-state index contributed by atoms with van der Waals surface area (Å²) in [5.41, 5.74) is 1.82. The van der Waals surface area contributed by atoms with Crippen molar-refractivity contribution in [1.82, 2.24) is 4.98 Å². The first-order chi connectivity index (χ1) is 8.22. The molecule has 0 saturated carbocycles. The predicted molar refractivity (Wildman–Crippen MR) is 67.0 cm³/mol. The van der Waals surface area contributed by atoms with Crippen LogP contribution in [0.2, 0.25) is 0 Å². The van der Waals surface area contributed by atoms with Crippen LogP contribution in [0, 0.1) is 10.1 Å². The van der Waals surface area contributed by atoms with E-state index in [1.54, 1.807) is 12.1 Å². The fraction of sp³-hybridized carbons (Fsp3) is 0.308. The van der Waals surface area contributed by atoms with E-state index < -0.39 is 0 Å². The Bertz CT molecular complexity index is 552. The lowest BCUT2D eigenvalue weighted by Crippen LogP contribution is -1.94. The molecule has 88 valence electrons. The number of hydrogen-bond donors (Lipinski definition) is 0. The average molecular weight is 230 g/mol. The van der Waals surface area contributed by atoms with E-state index in [1.807, 2.05) is 12.1 Å². The number of fused-ring (bicyclic) bond motifs is 1. The molecule has 1 aromatic heterocycles. The minimum atomic E-state index is -0.365. The number of hydrogen-bond acceptors (Lipinski definition) is 3. The topological polar surface area (TPSA) is 56.0 Å². The molecule has 0 unspecified atom stereocenters. The highest BCUT2D eigenvalue weighted by Crippen LogP contribution is 2.24. The third-order valence-electron chi connectivity index (χ3n) is 2.75. The molecular formula is C13H14N2O2. The smallest absolute Gasteiger partial charge is 0.258 e. The van der Waals surface area contributed by atoms with E-state index in [9.17, 15) is 10.1 Å². The van der Waals surface area contributed by atoms with Crippen molar-refractivity contribution in [3.05, 3.63) is 46.1 Å². The molecule has 0 N–H and O–H groups in total. The highest BCUT2D eigenvalue weighted by Gasteiger charge is 2.11. The fourth-order valence-electron chi connectivity index (χ4n) is 1.84. The summed E-state index contributed by atoms with van der Waals surface area (Å²) in [6, 6.07) is 8.68. The molecule has 0 aliphatic carbocycles. The molecule has 0 aliphatic heterocycles. The molecule has 0 spiro atoms. The van der Waals surface area contributed by atoms with Crippen LogP contribution in [0.15, 0.2) is 30.3 Å². The summed E-state index contributed by atoms with van der Waals surface area (Å²) < 4.78 is 0. The molecule has 4 nitrogen and oxygen atoms in total. The van der Waals surface area contributed by atoms with Crippen molar-refractivity contribution >= 4 is 16.6 Å². The zero-order valence-corrected chi connectivity index (χ0v) is 9.72. The van der Waals surface area contributed by atoms with Gasteiger partial charge in [0.15, 0.2) is 0 Å². The SMILES string of the molecule is CCCCc1ccc2c([N+](=O)[O-])cccc2n1. The zero-order valence-electron chi connectivity index (χ0n) is 9.72. The van der Waals surface area contributed by atoms with E-state index in [0.29, 0.717) is 10.9 Å². The van der Waals surface area contributed by atoms with Gasteiger partial charge in [-0.1, -0.05) is 19.4 Å². The Labute approximate surface area is 99.4 Å². The number of nitro groups is 1. The van der Waals surface area contributed by atoms with Gasteiger partial charge in [-0.05, 0) is 31.0 Å². The third-order valence-corrected chi connectivity index (χ3v) is 2.75. The molecule has 0 amide bonds. The number of pyridine rings is 1. The Morgan fingerprint density at radius 1 is 1.29 bits per heavy atom. The standard InChI is InChI=1S/C13H14N2O2/c1-2-3-5-10-8-9-11-12(14-10)6-4-7-13(11)15(16)17/h4,6-9H,2-3,5H2,1H3. The summed E-state index contributed by atoms with van der Waals surface area (Å²) >= 11 is 0. The second-order valence-corrected chi connectivity index (χ2v) is 4.01. The van der Waals surface area contributed by atoms with E-state index in [0.717, 1.165) is 25.0 Å². The lowest BCUT2D eigenvalue weighted by molar-refractivity contribution is -0.383. The number of aryl methyl sites for hydroxylation is 1. The van der Waals surface area contributed by atoms with Crippen molar-refractivity contribution in [2.24, 2.45) is 0 Å². The van der Waals surface area contributed by atoms with Crippen LogP contribution in [0.25, 0.3) is 10.9 Å². The highest BCUT2D eigenvalue weighted by molar-refractivity contribution is 5.87. The second-order valence-electron chi connectivity index (χ2n) is 4.01. The number of non-ortho nitro benzene ring substituents is 1. The lowest BCUT2D eigenvalue weighted by Gasteiger charge is -2.02. The Balaban J connectivity index is 2.45. The van der Waals surface area contributed by atoms with Crippen molar-refractivity contribution in [3.8, 4) is 0 Å². The van der Waals surface area contributed by atoms with Gasteiger partial charge in [0.2, 0.25) is 0 Å². The number of aromatic nitrogens is 1. The molecule has 0 saturated heterocycles. The van der Waals surface area contributed by atoms with E-state index in [2.05, 4.69) is 11.9 Å². The molecule has 1 heterocycles. The van der Waals surface area contributed by atoms with Crippen LogP contribution in [-0.4, -0.2) is 9.91 Å². The van der Waals surface area contributed by atoms with E-state index in [4.69, 9.17) is 0 Å². The first-order valence-electron chi connectivity index (χ1n) is 5.75. The molecule has 2 rings (SSSR count). The fourth-order valence-corrected chi connectivity index (χ4v) is 1.84. The number of unbranched alkanes of at least 4 members (excludes halogenated alkanes) is 1. The van der Waals surface area contributed by atoms with Gasteiger partial charge in [0, 0.05) is 11.8 Å². The summed E-state index contributed by atoms with van der Waals surface area (Å²) in [4.78, 5) is 14.9. The van der Waals surface area contributed by atoms with Gasteiger partial charge in [0.25, 0.3) is 5.69 Å². The van der Waals surface area contributed by atoms with Crippen LogP contribution < -0.4 is 0 Å². The minimum Gasteiger partial charge on any atom is -0.258 e. The van der Waals surface area contributed by atoms with Crippen molar-refractivity contribution in [1.29, 1.82) is 0 Å². The maximum atomic E-state index is 10.8. The second kappa shape index (κ2) is 4.91. The molecule has 0 atom stereocenters. The average Bonchev–Trinajstić information content (AvgIpc) is 2.35. The molecule has 2 aromatic rings. The molecular weight excluding hydrogens is 216 g/mol. The van der Waals surface area contributed by atoms with Gasteiger partial charge in [0.05, 0.1) is 15.8 Å². The van der Waals surface area contributed by atoms with Gasteiger partial charge in [-0.3, -0.25) is 15.1 Å². The summed E-state index contributed by atoms with van der Waals surface area (Å²) in [7, 11) is 0. The molecule has 0 aliphatic rings. The van der Waals surface area contributed by atoms with Crippen molar-refractivity contribution in [2.45, 2.75) is 26.2 Å². The normalized spacial score (nSPS) is 10.6. The predicted octanol–water partition coefficient (Wildman–Crippen LogP) is 3.49. The molecule has 0 bridgehead atoms. The summed E-state index contributed by atoms with van der Waals surface area (Å²) in [6.07, 6.45) is 3.14. The third kappa shape index (κ3) is 2.41. The largest absolute Gasteiger partial charge is 0.278 e. The number of rotatable bonds is 4. The van der Waals surface area contributed by atoms with Crippen molar-refractivity contribution < 1.29 is 4.92 Å². The van der Waals surface area contributed by atoms with Crippen LogP contribution in [0.4, 0.5) is 5.69 Å². The lowest BCUT2D eigenvalue weighted by atomic mass is 10.1. The van der Waals surface area contributed by atoms with Crippen LogP contribution in [0.5, 0.6) is 0 Å². The Hall–Kier alpha value is -1.97. The molecule has 4 heteroatoms. The van der Waals surface area contributed by atoms with Crippen LogP contribution >= 0.6 is 0 Å². The maximum Gasteiger partial charge on any atom is 0.278 e. The summed E-state index contributed by atoms with van der Waals surface area (Å²) in [5.74, 6) is 0. The van der Waals surface area contributed by atoms with Crippen molar-refractivity contribution in [2.75, 3.05) is 0 Å². The molecule has 0 fully saturated rings. The van der Waals surface area contributed by atoms with Gasteiger partial charge in [-0.2, -0.15) is 0 Å². The van der Waals surface area contributed by atoms with Crippen LogP contribution in [0.3, 0.4) is 0 Å². The quantitative estimate of drug-likeness (QED) is 0.596. The molecule has 0 radical (unpaired) electrons. The van der Waals surface area contributed by atoms with Crippen LogP contribution in [-0.2, 0) is 6.42 Å². The zero-order chi connectivity index (χ0) is 12.3. The van der Waals surface area contributed by atoms with Gasteiger partial charge in [0.1, 0.15) is 0 Å². The Morgan fingerprint density at radius 3 is 2.82 bits per heavy atom. The minimum absolute atomic E-state index is 0.122. The summed E-state index contributed by atoms with van der Waals surface area (Å²) in [5, 5.41) is 11.5. The molecule has 1 aromatic carbocycles. The van der Waals surface area contributed by atoms with Gasteiger partial charge in [-0.25, -0.2) is 0 Å². The van der Waals surface area contributed by atoms with Crippen molar-refractivity contribution in [3.63, 3.8) is 0 Å². The Morgan fingerprint density at radius 2 is 2.12 bits per heavy atom. The number of benzene rings is 1. The maximum absolute atomic E-state index is 10.8. The van der Waals surface area contributed by atoms with Crippen LogP contribution in [0.1, 0.15) is 25.5 Å².